The first kappa shape index (κ1) is 8.52. The Labute approximate surface area is 78.2 Å². The Bertz CT molecular complexity index is 465. The second kappa shape index (κ2) is 3.01. The summed E-state index contributed by atoms with van der Waals surface area (Å²) in [6, 6.07) is 2.53. The lowest BCUT2D eigenvalue weighted by molar-refractivity contribution is -0.115. The van der Waals surface area contributed by atoms with E-state index in [0.29, 0.717) is 11.3 Å². The maximum atomic E-state index is 13.2. The first-order valence-corrected chi connectivity index (χ1v) is 3.88. The number of hydrogen-bond acceptors (Lipinski definition) is 2. The van der Waals surface area contributed by atoms with E-state index < -0.39 is 5.82 Å². The largest absolute Gasteiger partial charge is 0.326 e. The van der Waals surface area contributed by atoms with Crippen LogP contribution in [0.5, 0.6) is 0 Å². The van der Waals surface area contributed by atoms with Gasteiger partial charge in [0.05, 0.1) is 12.1 Å². The summed E-state index contributed by atoms with van der Waals surface area (Å²) in [5.41, 5.74) is 9.15. The highest BCUT2D eigenvalue weighted by Gasteiger charge is 2.19. The van der Waals surface area contributed by atoms with E-state index >= 15 is 0 Å². The average Bonchev–Trinajstić information content (AvgIpc) is 2.45. The maximum Gasteiger partial charge on any atom is 0.228 e. The second-order valence-electron chi connectivity index (χ2n) is 2.88. The predicted octanol–water partition coefficient (Wildman–Crippen LogP) is 2.26. The monoisotopic (exact) mass is 192 g/mol. The van der Waals surface area contributed by atoms with Gasteiger partial charge in [0.25, 0.3) is 0 Å². The average molecular weight is 192 g/mol. The van der Waals surface area contributed by atoms with E-state index in [1.807, 2.05) is 0 Å². The summed E-state index contributed by atoms with van der Waals surface area (Å²) < 4.78 is 13.2. The van der Waals surface area contributed by atoms with Crippen LogP contribution >= 0.6 is 0 Å². The van der Waals surface area contributed by atoms with Crippen molar-refractivity contribution in [1.29, 1.82) is 0 Å². The molecular weight excluding hydrogens is 187 g/mol. The molecule has 0 atom stereocenters. The first-order valence-electron chi connectivity index (χ1n) is 3.88. The minimum absolute atomic E-state index is 0.103. The number of nitrogens with one attached hydrogen (secondary N) is 1. The zero-order valence-electron chi connectivity index (χ0n) is 6.99. The third-order valence-electron chi connectivity index (χ3n) is 1.95. The van der Waals surface area contributed by atoms with Crippen molar-refractivity contribution < 1.29 is 9.18 Å². The van der Waals surface area contributed by atoms with Crippen molar-refractivity contribution in [2.24, 2.45) is 5.11 Å². The lowest BCUT2D eigenvalue weighted by Gasteiger charge is -2.00. The third kappa shape index (κ3) is 1.27. The molecular formula is C8H5FN4O. The van der Waals surface area contributed by atoms with E-state index in [4.69, 9.17) is 5.53 Å². The van der Waals surface area contributed by atoms with Crippen LogP contribution < -0.4 is 5.32 Å². The molecule has 1 aliphatic rings. The van der Waals surface area contributed by atoms with Crippen LogP contribution in [0.15, 0.2) is 17.2 Å². The number of carbonyl (C=O) groups excluding carboxylic acids is 1. The third-order valence-corrected chi connectivity index (χ3v) is 1.95. The van der Waals surface area contributed by atoms with Gasteiger partial charge in [-0.25, -0.2) is 4.39 Å². The van der Waals surface area contributed by atoms with Crippen molar-refractivity contribution in [2.75, 3.05) is 5.32 Å². The van der Waals surface area contributed by atoms with Crippen LogP contribution in [-0.4, -0.2) is 5.91 Å². The van der Waals surface area contributed by atoms with E-state index in [0.717, 1.165) is 0 Å². The molecule has 0 spiro atoms. The minimum atomic E-state index is -0.613. The molecule has 2 rings (SSSR count). The van der Waals surface area contributed by atoms with Crippen molar-refractivity contribution in [2.45, 2.75) is 6.42 Å². The van der Waals surface area contributed by atoms with Gasteiger partial charge in [-0.15, -0.1) is 0 Å². The molecule has 70 valence electrons. The van der Waals surface area contributed by atoms with Crippen LogP contribution in [0.2, 0.25) is 0 Å². The Morgan fingerprint density at radius 1 is 1.57 bits per heavy atom. The summed E-state index contributed by atoms with van der Waals surface area (Å²) in [5, 5.41) is 5.70. The van der Waals surface area contributed by atoms with Crippen molar-refractivity contribution in [3.8, 4) is 0 Å². The van der Waals surface area contributed by atoms with Crippen LogP contribution in [-0.2, 0) is 11.2 Å². The van der Waals surface area contributed by atoms with E-state index in [-0.39, 0.29) is 18.0 Å². The molecule has 1 heterocycles. The van der Waals surface area contributed by atoms with Gasteiger partial charge in [-0.2, -0.15) is 0 Å². The fourth-order valence-electron chi connectivity index (χ4n) is 1.36. The molecule has 1 amide bonds. The molecule has 6 heteroatoms. The van der Waals surface area contributed by atoms with Gasteiger partial charge in [-0.05, 0) is 23.2 Å². The first-order chi connectivity index (χ1) is 6.70. The van der Waals surface area contributed by atoms with Gasteiger partial charge in [-0.1, -0.05) is 5.11 Å². The number of rotatable bonds is 1. The summed E-state index contributed by atoms with van der Waals surface area (Å²) in [4.78, 5) is 13.4. The van der Waals surface area contributed by atoms with Crippen molar-refractivity contribution in [1.82, 2.24) is 0 Å². The van der Waals surface area contributed by atoms with Crippen molar-refractivity contribution in [3.63, 3.8) is 0 Å². The summed E-state index contributed by atoms with van der Waals surface area (Å²) >= 11 is 0. The van der Waals surface area contributed by atoms with Crippen LogP contribution in [0.4, 0.5) is 15.8 Å². The molecule has 0 aliphatic carbocycles. The summed E-state index contributed by atoms with van der Waals surface area (Å²) in [6.45, 7) is 0. The topological polar surface area (TPSA) is 77.9 Å². The Morgan fingerprint density at radius 3 is 3.07 bits per heavy atom. The number of fused-ring (bicyclic) bond motifs is 1. The van der Waals surface area contributed by atoms with Gasteiger partial charge < -0.3 is 5.32 Å². The summed E-state index contributed by atoms with van der Waals surface area (Å²) in [5.74, 6) is -0.796. The number of nitrogens with zero attached hydrogens (tertiary/aromatic N) is 3. The van der Waals surface area contributed by atoms with E-state index in [1.54, 1.807) is 0 Å². The van der Waals surface area contributed by atoms with E-state index in [9.17, 15) is 9.18 Å². The number of halogens is 1. The van der Waals surface area contributed by atoms with Crippen LogP contribution in [0, 0.1) is 5.82 Å². The molecule has 1 aromatic rings. The molecule has 14 heavy (non-hydrogen) atoms. The number of azide groups is 1. The van der Waals surface area contributed by atoms with Crippen LogP contribution in [0.1, 0.15) is 5.56 Å². The maximum absolute atomic E-state index is 13.2. The summed E-state index contributed by atoms with van der Waals surface area (Å²) in [7, 11) is 0. The quantitative estimate of drug-likeness (QED) is 0.413. The number of benzene rings is 1. The molecule has 0 unspecified atom stereocenters. The normalized spacial score (nSPS) is 13.1. The smallest absolute Gasteiger partial charge is 0.228 e. The van der Waals surface area contributed by atoms with E-state index in [1.165, 1.54) is 12.1 Å². The zero-order chi connectivity index (χ0) is 10.1. The predicted molar refractivity (Wildman–Crippen MR) is 47.5 cm³/mol. The highest BCUT2D eigenvalue weighted by molar-refractivity contribution is 5.99. The standard InChI is InChI=1S/C8H5FN4O/c9-5-1-4-2-8(14)11-6(4)3-7(5)12-13-10/h1,3H,2H2,(H,11,14). The Hall–Kier alpha value is -2.07. The lowest BCUT2D eigenvalue weighted by Crippen LogP contribution is -2.03. The SMILES string of the molecule is [N-]=[N+]=Nc1cc2c(cc1F)CC(=O)N2. The molecule has 0 bridgehead atoms. The Morgan fingerprint density at radius 2 is 2.36 bits per heavy atom. The number of anilines is 1. The van der Waals surface area contributed by atoms with Gasteiger partial charge in [-0.3, -0.25) is 4.79 Å². The second-order valence-corrected chi connectivity index (χ2v) is 2.88. The fourth-order valence-corrected chi connectivity index (χ4v) is 1.36. The van der Waals surface area contributed by atoms with E-state index in [2.05, 4.69) is 15.3 Å². The molecule has 1 N–H and O–H groups in total. The Balaban J connectivity index is 2.54. The van der Waals surface area contributed by atoms with Crippen LogP contribution in [0.3, 0.4) is 0 Å². The molecule has 1 aliphatic heterocycles. The van der Waals surface area contributed by atoms with Gasteiger partial charge in [0.2, 0.25) is 5.91 Å². The van der Waals surface area contributed by atoms with Gasteiger partial charge in [0.15, 0.2) is 0 Å². The molecule has 0 saturated carbocycles. The molecule has 0 saturated heterocycles. The fraction of sp³-hybridized carbons (Fsp3) is 0.125. The number of amides is 1. The highest BCUT2D eigenvalue weighted by atomic mass is 19.1. The zero-order valence-corrected chi connectivity index (χ0v) is 6.99. The number of carbonyl (C=O) groups is 1. The molecule has 0 aromatic heterocycles. The van der Waals surface area contributed by atoms with Crippen LogP contribution in [0.25, 0.3) is 10.4 Å². The molecule has 0 radical (unpaired) electrons. The van der Waals surface area contributed by atoms with Gasteiger partial charge in [0, 0.05) is 10.6 Å². The highest BCUT2D eigenvalue weighted by Crippen LogP contribution is 2.30. The number of hydrogen-bond donors (Lipinski definition) is 1. The van der Waals surface area contributed by atoms with Gasteiger partial charge in [0.1, 0.15) is 5.82 Å². The van der Waals surface area contributed by atoms with Gasteiger partial charge >= 0.3 is 0 Å². The molecule has 5 nitrogen and oxygen atoms in total. The minimum Gasteiger partial charge on any atom is -0.326 e. The Kier molecular flexibility index (Phi) is 1.83. The summed E-state index contributed by atoms with van der Waals surface area (Å²) in [6.07, 6.45) is 0.169. The molecule has 1 aromatic carbocycles. The van der Waals surface area contributed by atoms with Crippen molar-refractivity contribution in [3.05, 3.63) is 34.0 Å². The lowest BCUT2D eigenvalue weighted by atomic mass is 10.1. The van der Waals surface area contributed by atoms with Crippen molar-refractivity contribution >= 4 is 17.3 Å². The molecule has 0 fully saturated rings.